The summed E-state index contributed by atoms with van der Waals surface area (Å²) in [6.07, 6.45) is 3.76. The first-order chi connectivity index (χ1) is 20.8. The number of carbonyl (C=O) groups excluding carboxylic acids is 4. The van der Waals surface area contributed by atoms with E-state index >= 15 is 0 Å². The smallest absolute Gasteiger partial charge is 0.245 e. The zero-order valence-electron chi connectivity index (χ0n) is 24.6. The van der Waals surface area contributed by atoms with Gasteiger partial charge in [-0.05, 0) is 74.5 Å². The van der Waals surface area contributed by atoms with Crippen LogP contribution in [-0.4, -0.2) is 90.7 Å². The number of halogens is 2. The number of carbonyl (C=O) groups is 4. The van der Waals surface area contributed by atoms with Crippen molar-refractivity contribution < 1.29 is 23.6 Å². The van der Waals surface area contributed by atoms with Gasteiger partial charge >= 0.3 is 0 Å². The van der Waals surface area contributed by atoms with E-state index in [0.29, 0.717) is 50.5 Å². The molecule has 4 atom stereocenters. The van der Waals surface area contributed by atoms with Gasteiger partial charge in [0, 0.05) is 50.1 Å². The number of nitrogens with one attached hydrogen (secondary N) is 3. The summed E-state index contributed by atoms with van der Waals surface area (Å²) >= 11 is 6.07. The van der Waals surface area contributed by atoms with Crippen molar-refractivity contribution in [2.45, 2.75) is 69.6 Å². The fourth-order valence-corrected chi connectivity index (χ4v) is 6.05. The summed E-state index contributed by atoms with van der Waals surface area (Å²) in [4.78, 5) is 55.7. The van der Waals surface area contributed by atoms with Crippen LogP contribution in [0.25, 0.3) is 0 Å². The Hall–Kier alpha value is -3.34. The number of benzene rings is 2. The maximum Gasteiger partial charge on any atom is 0.245 e. The van der Waals surface area contributed by atoms with Crippen molar-refractivity contribution in [3.8, 4) is 0 Å². The fourth-order valence-electron chi connectivity index (χ4n) is 5.92. The Kier molecular flexibility index (Phi) is 12.1. The molecule has 2 aliphatic heterocycles. The van der Waals surface area contributed by atoms with Crippen LogP contribution >= 0.6 is 11.6 Å². The van der Waals surface area contributed by atoms with Gasteiger partial charge in [-0.15, -0.1) is 0 Å². The van der Waals surface area contributed by atoms with E-state index in [-0.39, 0.29) is 48.5 Å². The molecule has 0 aliphatic carbocycles. The second-order valence-corrected chi connectivity index (χ2v) is 11.6. The molecule has 2 fully saturated rings. The highest BCUT2D eigenvalue weighted by Crippen LogP contribution is 2.22. The second-order valence-electron chi connectivity index (χ2n) is 11.2. The Morgan fingerprint density at radius 3 is 2.42 bits per heavy atom. The lowest BCUT2D eigenvalue weighted by molar-refractivity contribution is -0.142. The lowest BCUT2D eigenvalue weighted by Crippen LogP contribution is -2.63. The van der Waals surface area contributed by atoms with Gasteiger partial charge in [0.2, 0.25) is 17.7 Å². The van der Waals surface area contributed by atoms with Gasteiger partial charge in [0.1, 0.15) is 18.1 Å². The van der Waals surface area contributed by atoms with Gasteiger partial charge in [-0.25, -0.2) is 4.39 Å². The quantitative estimate of drug-likeness (QED) is 0.300. The summed E-state index contributed by atoms with van der Waals surface area (Å²) in [5.74, 6) is -0.966. The fraction of sp³-hybridized carbons (Fsp3) is 0.500. The predicted octanol–water partition coefficient (Wildman–Crippen LogP) is 2.50. The molecule has 0 radical (unpaired) electrons. The molecule has 2 aromatic carbocycles. The summed E-state index contributed by atoms with van der Waals surface area (Å²) < 4.78 is 13.6. The normalized spacial score (nSPS) is 20.3. The van der Waals surface area contributed by atoms with Crippen LogP contribution in [0.5, 0.6) is 0 Å². The number of likely N-dealkylation sites (N-methyl/N-ethyl adjacent to an activating group) is 1. The topological polar surface area (TPSA) is 111 Å². The number of rotatable bonds is 13. The van der Waals surface area contributed by atoms with Gasteiger partial charge in [-0.2, -0.15) is 0 Å². The van der Waals surface area contributed by atoms with Crippen LogP contribution in [0.2, 0.25) is 5.02 Å². The molecule has 0 saturated carbocycles. The molecule has 9 nitrogen and oxygen atoms in total. The molecule has 0 spiro atoms. The van der Waals surface area contributed by atoms with Crippen molar-refractivity contribution in [2.75, 3.05) is 32.7 Å². The molecular formula is C32H41ClFN5O4. The Labute approximate surface area is 257 Å². The van der Waals surface area contributed by atoms with Crippen molar-refractivity contribution in [1.82, 2.24) is 25.8 Å². The molecular weight excluding hydrogens is 573 g/mol. The second kappa shape index (κ2) is 15.9. The van der Waals surface area contributed by atoms with Crippen LogP contribution < -0.4 is 16.0 Å². The molecule has 4 rings (SSSR count). The molecule has 2 aliphatic rings. The molecule has 11 heteroatoms. The summed E-state index contributed by atoms with van der Waals surface area (Å²) in [7, 11) is 0. The zero-order valence-corrected chi connectivity index (χ0v) is 25.3. The van der Waals surface area contributed by atoms with Gasteiger partial charge in [0.05, 0.1) is 12.1 Å². The molecule has 3 N–H and O–H groups in total. The highest BCUT2D eigenvalue weighted by molar-refractivity contribution is 6.30. The Morgan fingerprint density at radius 2 is 1.77 bits per heavy atom. The predicted molar refractivity (Wildman–Crippen MR) is 163 cm³/mol. The average Bonchev–Trinajstić information content (AvgIpc) is 3.56. The van der Waals surface area contributed by atoms with Crippen LogP contribution in [0, 0.1) is 5.82 Å². The number of piperazine rings is 1. The number of nitrogens with zero attached hydrogens (tertiary/aromatic N) is 2. The number of hydrogen-bond acceptors (Lipinski definition) is 6. The molecule has 2 saturated heterocycles. The van der Waals surface area contributed by atoms with Gasteiger partial charge in [0.15, 0.2) is 0 Å². The monoisotopic (exact) mass is 613 g/mol. The van der Waals surface area contributed by atoms with E-state index in [1.807, 2.05) is 19.1 Å². The summed E-state index contributed by atoms with van der Waals surface area (Å²) in [5, 5.41) is 9.69. The Balaban J connectivity index is 1.55. The van der Waals surface area contributed by atoms with E-state index in [9.17, 15) is 23.6 Å². The lowest BCUT2D eigenvalue weighted by Gasteiger charge is -2.45. The highest BCUT2D eigenvalue weighted by Gasteiger charge is 2.38. The first-order valence-electron chi connectivity index (χ1n) is 15.1. The van der Waals surface area contributed by atoms with E-state index in [1.165, 1.54) is 12.1 Å². The molecule has 3 unspecified atom stereocenters. The maximum absolute atomic E-state index is 14.1. The van der Waals surface area contributed by atoms with Crippen LogP contribution in [0.3, 0.4) is 0 Å². The summed E-state index contributed by atoms with van der Waals surface area (Å²) in [6, 6.07) is 11.3. The van der Waals surface area contributed by atoms with Crippen LogP contribution in [-0.2, 0) is 32.0 Å². The molecule has 232 valence electrons. The Bertz CT molecular complexity index is 1240. The standard InChI is InChI=1S/C32H41ClFN5O4/c1-2-35-31(42)29(20-23-7-11-24(33)12-8-23)38-16-17-39(26(21-38)5-4-18-40)32(43)28(19-22-9-13-25(34)14-10-22)37-30(41)27-6-3-15-36-27/h7-14,18,26-29,36H,2-6,15-17,19-21H2,1H3,(H,35,42)(H,37,41)/t26-,27?,28?,29?/m0/s1. The van der Waals surface area contributed by atoms with Gasteiger partial charge in [-0.3, -0.25) is 19.3 Å². The maximum atomic E-state index is 14.1. The minimum absolute atomic E-state index is 0.100. The number of hydrogen-bond donors (Lipinski definition) is 3. The SMILES string of the molecule is CCNC(=O)C(Cc1ccc(Cl)cc1)N1CCN(C(=O)C(Cc2ccc(F)cc2)NC(=O)C2CCCN2)[C@@H](CCC=O)C1. The highest BCUT2D eigenvalue weighted by atomic mass is 35.5. The van der Waals surface area contributed by atoms with Crippen molar-refractivity contribution in [3.05, 3.63) is 70.5 Å². The molecule has 2 aromatic rings. The van der Waals surface area contributed by atoms with E-state index in [1.54, 1.807) is 29.2 Å². The van der Waals surface area contributed by atoms with Gasteiger partial charge < -0.3 is 25.6 Å². The molecule has 2 heterocycles. The van der Waals surface area contributed by atoms with Gasteiger partial charge in [-0.1, -0.05) is 35.9 Å². The first kappa shape index (κ1) is 32.6. The molecule has 0 aromatic heterocycles. The molecule has 0 bridgehead atoms. The van der Waals surface area contributed by atoms with Crippen molar-refractivity contribution in [3.63, 3.8) is 0 Å². The first-order valence-corrected chi connectivity index (χ1v) is 15.4. The third kappa shape index (κ3) is 9.08. The zero-order chi connectivity index (χ0) is 30.8. The van der Waals surface area contributed by atoms with Gasteiger partial charge in [0.25, 0.3) is 0 Å². The number of aldehydes is 1. The minimum atomic E-state index is -0.862. The van der Waals surface area contributed by atoms with E-state index in [2.05, 4.69) is 20.9 Å². The van der Waals surface area contributed by atoms with Crippen molar-refractivity contribution in [2.24, 2.45) is 0 Å². The Morgan fingerprint density at radius 1 is 1.07 bits per heavy atom. The minimum Gasteiger partial charge on any atom is -0.355 e. The largest absolute Gasteiger partial charge is 0.355 e. The summed E-state index contributed by atoms with van der Waals surface area (Å²) in [6.45, 7) is 4.28. The third-order valence-electron chi connectivity index (χ3n) is 8.20. The summed E-state index contributed by atoms with van der Waals surface area (Å²) in [5.41, 5.74) is 1.69. The molecule has 3 amide bonds. The number of amides is 3. The third-order valence-corrected chi connectivity index (χ3v) is 8.45. The van der Waals surface area contributed by atoms with Crippen LogP contribution in [0.15, 0.2) is 48.5 Å². The molecule has 43 heavy (non-hydrogen) atoms. The van der Waals surface area contributed by atoms with Crippen molar-refractivity contribution >= 4 is 35.6 Å². The van der Waals surface area contributed by atoms with E-state index in [4.69, 9.17) is 11.6 Å². The van der Waals surface area contributed by atoms with Crippen LogP contribution in [0.4, 0.5) is 4.39 Å². The lowest BCUT2D eigenvalue weighted by atomic mass is 9.98. The van der Waals surface area contributed by atoms with E-state index in [0.717, 1.165) is 30.4 Å². The average molecular weight is 614 g/mol. The van der Waals surface area contributed by atoms with E-state index < -0.39 is 12.1 Å². The van der Waals surface area contributed by atoms with Crippen LogP contribution in [0.1, 0.15) is 43.7 Å². The van der Waals surface area contributed by atoms with Crippen molar-refractivity contribution in [1.29, 1.82) is 0 Å².